The maximum atomic E-state index is 12.2. The van der Waals surface area contributed by atoms with Crippen molar-refractivity contribution in [1.29, 1.82) is 0 Å². The Bertz CT molecular complexity index is 480. The summed E-state index contributed by atoms with van der Waals surface area (Å²) in [7, 11) is 0. The van der Waals surface area contributed by atoms with Crippen LogP contribution in [0.25, 0.3) is 0 Å². The molecule has 2 amide bonds. The van der Waals surface area contributed by atoms with Gasteiger partial charge in [-0.1, -0.05) is 6.92 Å². The Balaban J connectivity index is 2.86. The zero-order chi connectivity index (χ0) is 14.6. The van der Waals surface area contributed by atoms with Crippen LogP contribution in [0.1, 0.15) is 44.1 Å². The van der Waals surface area contributed by atoms with E-state index >= 15 is 0 Å². The van der Waals surface area contributed by atoms with E-state index in [1.807, 2.05) is 17.7 Å². The zero-order valence-corrected chi connectivity index (χ0v) is 13.1. The molecule has 0 saturated heterocycles. The van der Waals surface area contributed by atoms with Gasteiger partial charge in [0.25, 0.3) is 5.91 Å². The minimum absolute atomic E-state index is 0.106. The Morgan fingerprint density at radius 2 is 2.11 bits per heavy atom. The van der Waals surface area contributed by atoms with Crippen LogP contribution in [-0.4, -0.2) is 21.9 Å². The van der Waals surface area contributed by atoms with Crippen molar-refractivity contribution < 1.29 is 9.59 Å². The minimum Gasteiger partial charge on any atom is -0.370 e. The maximum Gasteiger partial charge on any atom is 0.268 e. The Kier molecular flexibility index (Phi) is 5.17. The van der Waals surface area contributed by atoms with Crippen LogP contribution in [0.4, 0.5) is 0 Å². The molecule has 0 atom stereocenters. The summed E-state index contributed by atoms with van der Waals surface area (Å²) in [5.41, 5.74) is 5.09. The van der Waals surface area contributed by atoms with Crippen LogP contribution in [0.2, 0.25) is 0 Å². The van der Waals surface area contributed by atoms with Crippen LogP contribution in [0.15, 0.2) is 16.7 Å². The number of amides is 2. The number of nitrogens with zero attached hydrogens (tertiary/aromatic N) is 1. The fraction of sp³-hybridized carbons (Fsp3) is 0.538. The first-order valence-corrected chi connectivity index (χ1v) is 7.01. The fourth-order valence-electron chi connectivity index (χ4n) is 1.94. The van der Waals surface area contributed by atoms with Crippen molar-refractivity contribution in [1.82, 2.24) is 9.88 Å². The van der Waals surface area contributed by atoms with Gasteiger partial charge in [-0.05, 0) is 42.3 Å². The van der Waals surface area contributed by atoms with Crippen LogP contribution in [0.3, 0.4) is 0 Å². The summed E-state index contributed by atoms with van der Waals surface area (Å²) in [6, 6.07) is 1.77. The normalized spacial score (nSPS) is 11.4. The number of aromatic nitrogens is 1. The summed E-state index contributed by atoms with van der Waals surface area (Å²) < 4.78 is 2.75. The Hall–Kier alpha value is -1.30. The lowest BCUT2D eigenvalue weighted by molar-refractivity contribution is -0.119. The summed E-state index contributed by atoms with van der Waals surface area (Å²) in [5.74, 6) is -0.638. The molecule has 0 bridgehead atoms. The maximum absolute atomic E-state index is 12.2. The first kappa shape index (κ1) is 15.8. The quantitative estimate of drug-likeness (QED) is 0.837. The molecule has 1 aromatic heterocycles. The number of halogens is 1. The summed E-state index contributed by atoms with van der Waals surface area (Å²) in [6.07, 6.45) is 2.92. The summed E-state index contributed by atoms with van der Waals surface area (Å²) in [5, 5.41) is 2.83. The van der Waals surface area contributed by atoms with Gasteiger partial charge in [0.1, 0.15) is 5.69 Å². The molecule has 0 aliphatic carbocycles. The molecule has 0 aliphatic rings. The molecular weight excluding hydrogens is 310 g/mol. The van der Waals surface area contributed by atoms with E-state index in [0.717, 1.165) is 17.4 Å². The number of nitrogens with one attached hydrogen (secondary N) is 1. The number of rotatable bonds is 6. The fourth-order valence-corrected chi connectivity index (χ4v) is 2.41. The highest BCUT2D eigenvalue weighted by atomic mass is 79.9. The number of carbonyl (C=O) groups excluding carboxylic acids is 2. The topological polar surface area (TPSA) is 77.1 Å². The molecule has 0 aliphatic heterocycles. The molecule has 19 heavy (non-hydrogen) atoms. The Morgan fingerprint density at radius 1 is 1.47 bits per heavy atom. The second kappa shape index (κ2) is 6.23. The third kappa shape index (κ3) is 4.70. The van der Waals surface area contributed by atoms with E-state index in [0.29, 0.717) is 5.69 Å². The number of hydrogen-bond acceptors (Lipinski definition) is 2. The van der Waals surface area contributed by atoms with Gasteiger partial charge >= 0.3 is 0 Å². The molecule has 106 valence electrons. The third-order valence-corrected chi connectivity index (χ3v) is 3.06. The van der Waals surface area contributed by atoms with E-state index in [9.17, 15) is 9.59 Å². The van der Waals surface area contributed by atoms with E-state index < -0.39 is 11.4 Å². The number of hydrogen-bond donors (Lipinski definition) is 2. The van der Waals surface area contributed by atoms with E-state index in [2.05, 4.69) is 21.2 Å². The number of nitrogens with two attached hydrogens (primary N) is 1. The standard InChI is InChI=1S/C13H20BrN3O2/c1-4-5-17-8-9(14)6-10(17)12(19)16-13(2,3)7-11(15)18/h6,8H,4-5,7H2,1-3H3,(H2,15,18)(H,16,19). The van der Waals surface area contributed by atoms with Crippen LogP contribution in [0.5, 0.6) is 0 Å². The van der Waals surface area contributed by atoms with Crippen LogP contribution in [0, 0.1) is 0 Å². The Labute approximate surface area is 121 Å². The first-order valence-electron chi connectivity index (χ1n) is 6.21. The van der Waals surface area contributed by atoms with Crippen molar-refractivity contribution in [3.8, 4) is 0 Å². The van der Waals surface area contributed by atoms with E-state index in [-0.39, 0.29) is 12.3 Å². The molecule has 1 heterocycles. The van der Waals surface area contributed by atoms with Gasteiger partial charge in [-0.2, -0.15) is 0 Å². The molecule has 1 aromatic rings. The first-order chi connectivity index (χ1) is 8.75. The van der Waals surface area contributed by atoms with E-state index in [1.54, 1.807) is 19.9 Å². The van der Waals surface area contributed by atoms with E-state index in [1.165, 1.54) is 0 Å². The molecule has 6 heteroatoms. The Morgan fingerprint density at radius 3 is 2.63 bits per heavy atom. The van der Waals surface area contributed by atoms with Crippen molar-refractivity contribution in [2.45, 2.75) is 45.7 Å². The molecule has 0 saturated carbocycles. The van der Waals surface area contributed by atoms with Crippen LogP contribution >= 0.6 is 15.9 Å². The molecular formula is C13H20BrN3O2. The molecule has 0 aromatic carbocycles. The highest BCUT2D eigenvalue weighted by Crippen LogP contribution is 2.17. The average Bonchev–Trinajstić information content (AvgIpc) is 2.57. The van der Waals surface area contributed by atoms with Gasteiger partial charge in [0.05, 0.1) is 0 Å². The molecule has 1 rings (SSSR count). The largest absolute Gasteiger partial charge is 0.370 e. The smallest absolute Gasteiger partial charge is 0.268 e. The predicted octanol–water partition coefficient (Wildman–Crippen LogP) is 2.04. The summed E-state index contributed by atoms with van der Waals surface area (Å²) >= 11 is 3.37. The van der Waals surface area contributed by atoms with Crippen LogP contribution < -0.4 is 11.1 Å². The van der Waals surface area contributed by atoms with Gasteiger partial charge in [-0.15, -0.1) is 0 Å². The van der Waals surface area contributed by atoms with Crippen molar-refractivity contribution >= 4 is 27.7 Å². The lowest BCUT2D eigenvalue weighted by Crippen LogP contribution is -2.46. The summed E-state index contributed by atoms with van der Waals surface area (Å²) in [4.78, 5) is 23.2. The summed E-state index contributed by atoms with van der Waals surface area (Å²) in [6.45, 7) is 6.37. The molecule has 0 radical (unpaired) electrons. The molecule has 3 N–H and O–H groups in total. The second-order valence-corrected chi connectivity index (χ2v) is 6.13. The lowest BCUT2D eigenvalue weighted by atomic mass is 10.00. The molecule has 0 unspecified atom stereocenters. The van der Waals surface area contributed by atoms with Gasteiger partial charge in [-0.25, -0.2) is 0 Å². The third-order valence-electron chi connectivity index (χ3n) is 2.63. The molecule has 0 spiro atoms. The highest BCUT2D eigenvalue weighted by Gasteiger charge is 2.25. The van der Waals surface area contributed by atoms with Gasteiger partial charge in [-0.3, -0.25) is 9.59 Å². The zero-order valence-electron chi connectivity index (χ0n) is 11.5. The molecule has 5 nitrogen and oxygen atoms in total. The van der Waals surface area contributed by atoms with Crippen molar-refractivity contribution in [3.63, 3.8) is 0 Å². The van der Waals surface area contributed by atoms with Crippen molar-refractivity contribution in [2.24, 2.45) is 5.73 Å². The van der Waals surface area contributed by atoms with Crippen molar-refractivity contribution in [3.05, 3.63) is 22.4 Å². The number of primary amides is 1. The monoisotopic (exact) mass is 329 g/mol. The SMILES string of the molecule is CCCn1cc(Br)cc1C(=O)NC(C)(C)CC(N)=O. The number of aryl methyl sites for hydroxylation is 1. The highest BCUT2D eigenvalue weighted by molar-refractivity contribution is 9.10. The number of carbonyl (C=O) groups is 2. The van der Waals surface area contributed by atoms with E-state index in [4.69, 9.17) is 5.73 Å². The molecule has 0 fully saturated rings. The minimum atomic E-state index is -0.656. The van der Waals surface area contributed by atoms with Gasteiger partial charge in [0.15, 0.2) is 0 Å². The predicted molar refractivity (Wildman–Crippen MR) is 77.8 cm³/mol. The van der Waals surface area contributed by atoms with Crippen molar-refractivity contribution in [2.75, 3.05) is 0 Å². The van der Waals surface area contributed by atoms with Gasteiger partial charge < -0.3 is 15.6 Å². The van der Waals surface area contributed by atoms with Crippen LogP contribution in [-0.2, 0) is 11.3 Å². The second-order valence-electron chi connectivity index (χ2n) is 5.22. The lowest BCUT2D eigenvalue weighted by Gasteiger charge is -2.25. The average molecular weight is 330 g/mol. The van der Waals surface area contributed by atoms with Gasteiger partial charge in [0, 0.05) is 29.2 Å². The van der Waals surface area contributed by atoms with Gasteiger partial charge in [0.2, 0.25) is 5.91 Å².